The number of aromatic nitrogens is 3. The molecule has 1 aliphatic carbocycles. The fourth-order valence-corrected chi connectivity index (χ4v) is 4.83. The molecule has 1 fully saturated rings. The van der Waals surface area contributed by atoms with E-state index < -0.39 is 0 Å². The minimum Gasteiger partial charge on any atom is -0.469 e. The Morgan fingerprint density at radius 1 is 1.20 bits per heavy atom. The summed E-state index contributed by atoms with van der Waals surface area (Å²) in [6.07, 6.45) is 7.98. The molecule has 0 unspecified atom stereocenters. The molecule has 1 atom stereocenters. The van der Waals surface area contributed by atoms with Gasteiger partial charge in [0.15, 0.2) is 11.0 Å². The van der Waals surface area contributed by atoms with E-state index in [2.05, 4.69) is 15.5 Å². The minimum atomic E-state index is -0.265. The van der Waals surface area contributed by atoms with Gasteiger partial charge in [0.05, 0.1) is 17.1 Å². The summed E-state index contributed by atoms with van der Waals surface area (Å²) in [6, 6.07) is 11.9. The van der Waals surface area contributed by atoms with Crippen LogP contribution in [0.5, 0.6) is 0 Å². The van der Waals surface area contributed by atoms with E-state index in [4.69, 9.17) is 4.42 Å². The largest absolute Gasteiger partial charge is 0.469 e. The van der Waals surface area contributed by atoms with Gasteiger partial charge in [-0.2, -0.15) is 0 Å². The van der Waals surface area contributed by atoms with Gasteiger partial charge in [-0.05, 0) is 50.8 Å². The summed E-state index contributed by atoms with van der Waals surface area (Å²) in [5.41, 5.74) is 1.85. The smallest absolute Gasteiger partial charge is 0.233 e. The highest BCUT2D eigenvalue weighted by molar-refractivity contribution is 8.00. The number of nitrogens with one attached hydrogen (secondary N) is 1. The zero-order valence-corrected chi connectivity index (χ0v) is 18.3. The monoisotopic (exact) mass is 424 g/mol. The van der Waals surface area contributed by atoms with E-state index in [1.165, 1.54) is 43.9 Å². The number of para-hydroxylation sites is 1. The number of carbonyl (C=O) groups is 1. The molecular weight excluding hydrogens is 396 g/mol. The Hall–Kier alpha value is -2.54. The molecule has 1 aromatic carbocycles. The Morgan fingerprint density at radius 3 is 2.67 bits per heavy atom. The number of aryl methyl sites for hydroxylation is 1. The minimum absolute atomic E-state index is 0.0502. The predicted molar refractivity (Wildman–Crippen MR) is 119 cm³/mol. The van der Waals surface area contributed by atoms with E-state index >= 15 is 0 Å². The van der Waals surface area contributed by atoms with Crippen molar-refractivity contribution in [1.82, 2.24) is 20.1 Å². The van der Waals surface area contributed by atoms with Gasteiger partial charge >= 0.3 is 0 Å². The first-order valence-corrected chi connectivity index (χ1v) is 11.5. The maximum atomic E-state index is 12.7. The van der Waals surface area contributed by atoms with Crippen LogP contribution in [0.25, 0.3) is 17.1 Å². The zero-order chi connectivity index (χ0) is 20.9. The third kappa shape index (κ3) is 4.61. The Morgan fingerprint density at radius 2 is 1.97 bits per heavy atom. The van der Waals surface area contributed by atoms with Crippen LogP contribution < -0.4 is 5.32 Å². The Bertz CT molecular complexity index is 976. The predicted octanol–water partition coefficient (Wildman–Crippen LogP) is 5.01. The van der Waals surface area contributed by atoms with Crippen molar-refractivity contribution in [3.05, 3.63) is 48.4 Å². The highest BCUT2D eigenvalue weighted by atomic mass is 32.2. The molecule has 0 aliphatic heterocycles. The number of carbonyl (C=O) groups excluding carboxylic acids is 1. The molecule has 2 aromatic heterocycles. The van der Waals surface area contributed by atoms with Gasteiger partial charge in [0.1, 0.15) is 5.76 Å². The quantitative estimate of drug-likeness (QED) is 0.540. The molecule has 3 aromatic rings. The van der Waals surface area contributed by atoms with Crippen LogP contribution in [0.4, 0.5) is 0 Å². The second-order valence-corrected chi connectivity index (χ2v) is 9.18. The Balaban J connectivity index is 1.53. The SMILES string of the molecule is Cc1occc1-c1nnc(S[C@H](C)C(=O)NCC2CCCCC2)n1-c1ccccc1. The number of thioether (sulfide) groups is 1. The third-order valence-electron chi connectivity index (χ3n) is 5.69. The van der Waals surface area contributed by atoms with E-state index in [-0.39, 0.29) is 11.2 Å². The highest BCUT2D eigenvalue weighted by Crippen LogP contribution is 2.32. The number of hydrogen-bond acceptors (Lipinski definition) is 5. The van der Waals surface area contributed by atoms with Crippen molar-refractivity contribution in [2.75, 3.05) is 6.54 Å². The molecule has 0 saturated heterocycles. The van der Waals surface area contributed by atoms with Gasteiger partial charge in [-0.1, -0.05) is 49.2 Å². The zero-order valence-electron chi connectivity index (χ0n) is 17.5. The maximum absolute atomic E-state index is 12.7. The molecular formula is C23H28N4O2S. The lowest BCUT2D eigenvalue weighted by atomic mass is 9.89. The molecule has 1 N–H and O–H groups in total. The van der Waals surface area contributed by atoms with Gasteiger partial charge in [-0.15, -0.1) is 10.2 Å². The van der Waals surface area contributed by atoms with Crippen molar-refractivity contribution >= 4 is 17.7 Å². The van der Waals surface area contributed by atoms with Gasteiger partial charge in [-0.3, -0.25) is 9.36 Å². The first-order valence-electron chi connectivity index (χ1n) is 10.6. The molecule has 7 heteroatoms. The summed E-state index contributed by atoms with van der Waals surface area (Å²) in [5.74, 6) is 2.16. The average molecular weight is 425 g/mol. The van der Waals surface area contributed by atoms with Crippen molar-refractivity contribution in [2.45, 2.75) is 56.4 Å². The molecule has 1 saturated carbocycles. The van der Waals surface area contributed by atoms with Crippen LogP contribution in [0.15, 0.2) is 52.2 Å². The van der Waals surface area contributed by atoms with E-state index in [0.29, 0.717) is 16.9 Å². The summed E-state index contributed by atoms with van der Waals surface area (Å²) < 4.78 is 7.47. The molecule has 0 bridgehead atoms. The maximum Gasteiger partial charge on any atom is 0.233 e. The van der Waals surface area contributed by atoms with E-state index in [1.54, 1.807) is 6.26 Å². The Labute approximate surface area is 181 Å². The normalized spacial score (nSPS) is 15.8. The van der Waals surface area contributed by atoms with Crippen LogP contribution in [0.3, 0.4) is 0 Å². The van der Waals surface area contributed by atoms with E-state index in [1.807, 2.05) is 54.8 Å². The van der Waals surface area contributed by atoms with Crippen molar-refractivity contribution in [3.8, 4) is 17.1 Å². The van der Waals surface area contributed by atoms with Crippen molar-refractivity contribution in [3.63, 3.8) is 0 Å². The summed E-state index contributed by atoms with van der Waals surface area (Å²) in [5, 5.41) is 12.4. The van der Waals surface area contributed by atoms with Crippen LogP contribution in [-0.4, -0.2) is 32.5 Å². The van der Waals surface area contributed by atoms with Gasteiger partial charge < -0.3 is 9.73 Å². The van der Waals surface area contributed by atoms with Crippen molar-refractivity contribution in [2.24, 2.45) is 5.92 Å². The van der Waals surface area contributed by atoms with Gasteiger partial charge in [0, 0.05) is 12.2 Å². The number of hydrogen-bond donors (Lipinski definition) is 1. The van der Waals surface area contributed by atoms with Crippen LogP contribution in [0.2, 0.25) is 0 Å². The van der Waals surface area contributed by atoms with Crippen LogP contribution >= 0.6 is 11.8 Å². The van der Waals surface area contributed by atoms with Gasteiger partial charge in [0.25, 0.3) is 0 Å². The standard InChI is InChI=1S/C23H28N4O2S/c1-16-20(13-14-29-16)21-25-26-23(27(21)19-11-7-4-8-12-19)30-17(2)22(28)24-15-18-9-5-3-6-10-18/h4,7-8,11-14,17-18H,3,5-6,9-10,15H2,1-2H3,(H,24,28)/t17-/m1/s1. The van der Waals surface area contributed by atoms with E-state index in [0.717, 1.165) is 23.6 Å². The number of benzene rings is 1. The van der Waals surface area contributed by atoms with Crippen molar-refractivity contribution < 1.29 is 9.21 Å². The van der Waals surface area contributed by atoms with Crippen molar-refractivity contribution in [1.29, 1.82) is 0 Å². The van der Waals surface area contributed by atoms with Gasteiger partial charge in [-0.25, -0.2) is 0 Å². The fourth-order valence-electron chi connectivity index (χ4n) is 3.94. The molecule has 0 radical (unpaired) electrons. The summed E-state index contributed by atoms with van der Waals surface area (Å²) >= 11 is 1.43. The average Bonchev–Trinajstić information content (AvgIpc) is 3.39. The molecule has 6 nitrogen and oxygen atoms in total. The molecule has 1 amide bonds. The third-order valence-corrected chi connectivity index (χ3v) is 6.73. The molecule has 0 spiro atoms. The van der Waals surface area contributed by atoms with Crippen LogP contribution in [0.1, 0.15) is 44.8 Å². The lowest BCUT2D eigenvalue weighted by molar-refractivity contribution is -0.120. The molecule has 30 heavy (non-hydrogen) atoms. The number of rotatable bonds is 7. The number of amides is 1. The summed E-state index contributed by atoms with van der Waals surface area (Å²) in [4.78, 5) is 12.7. The molecule has 1 aliphatic rings. The lowest BCUT2D eigenvalue weighted by Crippen LogP contribution is -2.35. The molecule has 158 valence electrons. The first kappa shape index (κ1) is 20.7. The lowest BCUT2D eigenvalue weighted by Gasteiger charge is -2.22. The van der Waals surface area contributed by atoms with Crippen LogP contribution in [0, 0.1) is 12.8 Å². The van der Waals surface area contributed by atoms with Crippen LogP contribution in [-0.2, 0) is 4.79 Å². The fraction of sp³-hybridized carbons (Fsp3) is 0.435. The van der Waals surface area contributed by atoms with E-state index in [9.17, 15) is 4.79 Å². The second kappa shape index (κ2) is 9.51. The molecule has 4 rings (SSSR count). The second-order valence-electron chi connectivity index (χ2n) is 7.88. The Kier molecular flexibility index (Phi) is 6.57. The topological polar surface area (TPSA) is 72.9 Å². The summed E-state index contributed by atoms with van der Waals surface area (Å²) in [7, 11) is 0. The first-order chi connectivity index (χ1) is 14.6. The summed E-state index contributed by atoms with van der Waals surface area (Å²) in [6.45, 7) is 4.61. The highest BCUT2D eigenvalue weighted by Gasteiger charge is 2.24. The number of nitrogens with zero attached hydrogens (tertiary/aromatic N) is 3. The van der Waals surface area contributed by atoms with Gasteiger partial charge in [0.2, 0.25) is 5.91 Å². The molecule has 2 heterocycles. The number of furan rings is 1.